The largest absolute Gasteiger partial charge is 0.493 e. The number of rotatable bonds is 5. The normalized spacial score (nSPS) is 10.7. The highest BCUT2D eigenvalue weighted by atomic mass is 79.9. The summed E-state index contributed by atoms with van der Waals surface area (Å²) in [6, 6.07) is 4.79. The smallest absolute Gasteiger partial charge is 0.127 e. The number of hydrogen-bond acceptors (Lipinski definition) is 1. The van der Waals surface area contributed by atoms with Gasteiger partial charge in [-0.05, 0) is 30.0 Å². The van der Waals surface area contributed by atoms with Crippen molar-refractivity contribution in [2.75, 3.05) is 6.61 Å². The third-order valence-electron chi connectivity index (χ3n) is 2.05. The van der Waals surface area contributed by atoms with Crippen LogP contribution in [0.5, 0.6) is 5.75 Å². The number of alkyl halides is 1. The van der Waals surface area contributed by atoms with Gasteiger partial charge in [-0.1, -0.05) is 29.8 Å². The van der Waals surface area contributed by atoms with Crippen molar-refractivity contribution in [2.24, 2.45) is 5.92 Å². The zero-order valence-electron chi connectivity index (χ0n) is 9.09. The first-order chi connectivity index (χ1) is 7.11. The SMILES string of the molecule is CC(C)CCOc1cc(F)cc(CBr)c1. The molecule has 0 spiro atoms. The summed E-state index contributed by atoms with van der Waals surface area (Å²) in [7, 11) is 0. The molecular weight excluding hydrogens is 259 g/mol. The quantitative estimate of drug-likeness (QED) is 0.734. The van der Waals surface area contributed by atoms with Crippen LogP contribution in [0.1, 0.15) is 25.8 Å². The van der Waals surface area contributed by atoms with Crippen molar-refractivity contribution in [3.05, 3.63) is 29.6 Å². The molecule has 0 saturated heterocycles. The monoisotopic (exact) mass is 274 g/mol. The molecule has 84 valence electrons. The molecule has 1 aromatic rings. The van der Waals surface area contributed by atoms with Crippen LogP contribution in [-0.2, 0) is 5.33 Å². The molecule has 0 aliphatic heterocycles. The Balaban J connectivity index is 2.56. The van der Waals surface area contributed by atoms with Gasteiger partial charge in [0.05, 0.1) is 6.61 Å². The average molecular weight is 275 g/mol. The standard InChI is InChI=1S/C12H16BrFO/c1-9(2)3-4-15-12-6-10(8-13)5-11(14)7-12/h5-7,9H,3-4,8H2,1-2H3. The molecule has 0 heterocycles. The number of hydrogen-bond donors (Lipinski definition) is 0. The van der Waals surface area contributed by atoms with Crippen molar-refractivity contribution in [1.29, 1.82) is 0 Å². The second-order valence-corrected chi connectivity index (χ2v) is 4.52. The fraction of sp³-hybridized carbons (Fsp3) is 0.500. The Morgan fingerprint density at radius 1 is 1.33 bits per heavy atom. The Kier molecular flexibility index (Phi) is 5.09. The van der Waals surface area contributed by atoms with E-state index in [9.17, 15) is 4.39 Å². The molecule has 1 nitrogen and oxygen atoms in total. The summed E-state index contributed by atoms with van der Waals surface area (Å²) in [4.78, 5) is 0. The van der Waals surface area contributed by atoms with Gasteiger partial charge in [0, 0.05) is 11.4 Å². The van der Waals surface area contributed by atoms with E-state index in [-0.39, 0.29) is 5.82 Å². The zero-order valence-corrected chi connectivity index (χ0v) is 10.7. The highest BCUT2D eigenvalue weighted by Gasteiger charge is 2.01. The van der Waals surface area contributed by atoms with Crippen LogP contribution < -0.4 is 4.74 Å². The van der Waals surface area contributed by atoms with Gasteiger partial charge in [-0.2, -0.15) is 0 Å². The summed E-state index contributed by atoms with van der Waals surface area (Å²) in [5.74, 6) is 0.978. The second-order valence-electron chi connectivity index (χ2n) is 3.96. The molecule has 0 bridgehead atoms. The highest BCUT2D eigenvalue weighted by Crippen LogP contribution is 2.18. The van der Waals surface area contributed by atoms with Crippen molar-refractivity contribution in [2.45, 2.75) is 25.6 Å². The summed E-state index contributed by atoms with van der Waals surface area (Å²) >= 11 is 3.29. The van der Waals surface area contributed by atoms with Gasteiger partial charge in [0.15, 0.2) is 0 Å². The van der Waals surface area contributed by atoms with Crippen LogP contribution in [-0.4, -0.2) is 6.61 Å². The fourth-order valence-electron chi connectivity index (χ4n) is 1.19. The minimum Gasteiger partial charge on any atom is -0.493 e. The van der Waals surface area contributed by atoms with E-state index < -0.39 is 0 Å². The maximum absolute atomic E-state index is 13.1. The molecule has 0 N–H and O–H groups in total. The minimum absolute atomic E-state index is 0.244. The van der Waals surface area contributed by atoms with E-state index in [0.717, 1.165) is 12.0 Å². The molecule has 0 amide bonds. The van der Waals surface area contributed by atoms with Gasteiger partial charge in [0.2, 0.25) is 0 Å². The molecule has 0 aliphatic rings. The topological polar surface area (TPSA) is 9.23 Å². The summed E-state index contributed by atoms with van der Waals surface area (Å²) < 4.78 is 18.6. The van der Waals surface area contributed by atoms with Crippen LogP contribution >= 0.6 is 15.9 Å². The van der Waals surface area contributed by atoms with Crippen LogP contribution in [0.4, 0.5) is 4.39 Å². The lowest BCUT2D eigenvalue weighted by molar-refractivity contribution is 0.288. The van der Waals surface area contributed by atoms with E-state index in [1.54, 1.807) is 0 Å². The molecule has 0 radical (unpaired) electrons. The van der Waals surface area contributed by atoms with Gasteiger partial charge in [0.1, 0.15) is 11.6 Å². The van der Waals surface area contributed by atoms with Gasteiger partial charge in [0.25, 0.3) is 0 Å². The predicted octanol–water partition coefficient (Wildman–Crippen LogP) is 4.15. The van der Waals surface area contributed by atoms with Crippen LogP contribution in [0.3, 0.4) is 0 Å². The zero-order chi connectivity index (χ0) is 11.3. The molecule has 0 atom stereocenters. The van der Waals surface area contributed by atoms with Crippen LogP contribution in [0.15, 0.2) is 18.2 Å². The number of ether oxygens (including phenoxy) is 1. The summed E-state index contributed by atoms with van der Waals surface area (Å²) in [6.45, 7) is 4.92. The van der Waals surface area contributed by atoms with Crippen molar-refractivity contribution < 1.29 is 9.13 Å². The maximum Gasteiger partial charge on any atom is 0.127 e. The Hall–Kier alpha value is -0.570. The molecule has 1 aromatic carbocycles. The Labute approximate surface area is 98.8 Å². The molecule has 0 unspecified atom stereocenters. The minimum atomic E-state index is -0.244. The first-order valence-corrected chi connectivity index (χ1v) is 6.22. The molecule has 0 fully saturated rings. The maximum atomic E-state index is 13.1. The molecule has 0 aliphatic carbocycles. The molecule has 0 aromatic heterocycles. The van der Waals surface area contributed by atoms with E-state index in [1.165, 1.54) is 12.1 Å². The summed E-state index contributed by atoms with van der Waals surface area (Å²) in [5, 5.41) is 0.644. The van der Waals surface area contributed by atoms with Crippen LogP contribution in [0, 0.1) is 11.7 Å². The van der Waals surface area contributed by atoms with Crippen molar-refractivity contribution in [3.63, 3.8) is 0 Å². The predicted molar refractivity (Wildman–Crippen MR) is 64.0 cm³/mol. The van der Waals surface area contributed by atoms with E-state index in [1.807, 2.05) is 6.07 Å². The van der Waals surface area contributed by atoms with E-state index in [0.29, 0.717) is 23.6 Å². The van der Waals surface area contributed by atoms with E-state index in [2.05, 4.69) is 29.8 Å². The third kappa shape index (κ3) is 4.65. The van der Waals surface area contributed by atoms with Crippen LogP contribution in [0.2, 0.25) is 0 Å². The van der Waals surface area contributed by atoms with E-state index in [4.69, 9.17) is 4.74 Å². The first kappa shape index (κ1) is 12.5. The second kappa shape index (κ2) is 6.11. The van der Waals surface area contributed by atoms with E-state index >= 15 is 0 Å². The molecule has 0 saturated carbocycles. The summed E-state index contributed by atoms with van der Waals surface area (Å²) in [6.07, 6.45) is 0.986. The Bertz CT molecular complexity index is 312. The van der Waals surface area contributed by atoms with Gasteiger partial charge in [-0.25, -0.2) is 4.39 Å². The lowest BCUT2D eigenvalue weighted by atomic mass is 10.1. The Morgan fingerprint density at radius 3 is 2.67 bits per heavy atom. The highest BCUT2D eigenvalue weighted by molar-refractivity contribution is 9.08. The lowest BCUT2D eigenvalue weighted by Crippen LogP contribution is -2.01. The lowest BCUT2D eigenvalue weighted by Gasteiger charge is -2.09. The number of halogens is 2. The first-order valence-electron chi connectivity index (χ1n) is 5.10. The Morgan fingerprint density at radius 2 is 2.07 bits per heavy atom. The summed E-state index contributed by atoms with van der Waals surface area (Å²) in [5.41, 5.74) is 0.898. The molecule has 3 heteroatoms. The van der Waals surface area contributed by atoms with Crippen LogP contribution in [0.25, 0.3) is 0 Å². The van der Waals surface area contributed by atoms with Crippen molar-refractivity contribution in [3.8, 4) is 5.75 Å². The van der Waals surface area contributed by atoms with Gasteiger partial charge in [-0.15, -0.1) is 0 Å². The van der Waals surface area contributed by atoms with Gasteiger partial charge in [-0.3, -0.25) is 0 Å². The number of benzene rings is 1. The fourth-order valence-corrected chi connectivity index (χ4v) is 1.52. The third-order valence-corrected chi connectivity index (χ3v) is 2.70. The molecular formula is C12H16BrFO. The molecule has 15 heavy (non-hydrogen) atoms. The molecule has 1 rings (SSSR count). The average Bonchev–Trinajstić information content (AvgIpc) is 2.16. The van der Waals surface area contributed by atoms with Gasteiger partial charge >= 0.3 is 0 Å². The van der Waals surface area contributed by atoms with Crippen molar-refractivity contribution in [1.82, 2.24) is 0 Å². The van der Waals surface area contributed by atoms with Gasteiger partial charge < -0.3 is 4.74 Å². The van der Waals surface area contributed by atoms with Crippen molar-refractivity contribution >= 4 is 15.9 Å².